The zero-order valence-electron chi connectivity index (χ0n) is 32.0. The van der Waals surface area contributed by atoms with E-state index in [1.165, 1.54) is 10.9 Å². The molecule has 57 heavy (non-hydrogen) atoms. The fourth-order valence-electron chi connectivity index (χ4n) is 7.95. The van der Waals surface area contributed by atoms with E-state index in [1.807, 2.05) is 55.0 Å². The number of rotatable bonds is 7. The highest BCUT2D eigenvalue weighted by molar-refractivity contribution is 6.09. The highest BCUT2D eigenvalue weighted by atomic mass is 16.5. The average molecular weight is 741 g/mol. The summed E-state index contributed by atoms with van der Waals surface area (Å²) in [7, 11) is 0. The monoisotopic (exact) mass is 740 g/mol. The Morgan fingerprint density at radius 2 is 1.23 bits per heavy atom. The maximum atomic E-state index is 6.70. The van der Waals surface area contributed by atoms with E-state index in [0.29, 0.717) is 6.67 Å². The Hall–Kier alpha value is -7.25. The first kappa shape index (κ1) is 34.3. The van der Waals surface area contributed by atoms with Gasteiger partial charge in [0.05, 0.1) is 39.5 Å². The predicted molar refractivity (Wildman–Crippen MR) is 232 cm³/mol. The fourth-order valence-corrected chi connectivity index (χ4v) is 7.95. The van der Waals surface area contributed by atoms with E-state index in [-0.39, 0.29) is 5.41 Å². The second kappa shape index (κ2) is 13.8. The first-order chi connectivity index (χ1) is 27.9. The molecule has 0 amide bonds. The molecule has 9 aromatic rings. The number of anilines is 4. The van der Waals surface area contributed by atoms with Crippen molar-refractivity contribution in [3.63, 3.8) is 0 Å². The summed E-state index contributed by atoms with van der Waals surface area (Å²) in [5.74, 6) is 2.40. The molecule has 7 nitrogen and oxygen atoms in total. The maximum Gasteiger partial charge on any atom is 0.137 e. The summed E-state index contributed by atoms with van der Waals surface area (Å²) in [6, 6.07) is 54.7. The summed E-state index contributed by atoms with van der Waals surface area (Å²) >= 11 is 0. The molecule has 0 radical (unpaired) electrons. The van der Waals surface area contributed by atoms with E-state index in [9.17, 15) is 0 Å². The summed E-state index contributed by atoms with van der Waals surface area (Å²) in [6.07, 6.45) is 5.60. The summed E-state index contributed by atoms with van der Waals surface area (Å²) in [5, 5.41) is 2.33. The van der Waals surface area contributed by atoms with Crippen LogP contribution in [0.4, 0.5) is 22.7 Å². The third-order valence-corrected chi connectivity index (χ3v) is 10.8. The molecule has 1 aliphatic heterocycles. The molecular weight excluding hydrogens is 701 g/mol. The van der Waals surface area contributed by atoms with Gasteiger partial charge in [-0.2, -0.15) is 0 Å². The topological polar surface area (TPSA) is 59.3 Å². The third-order valence-electron chi connectivity index (χ3n) is 10.8. The lowest BCUT2D eigenvalue weighted by atomic mass is 9.88. The van der Waals surface area contributed by atoms with Crippen LogP contribution in [0.25, 0.3) is 50.1 Å². The molecule has 0 saturated carbocycles. The Kier molecular flexibility index (Phi) is 8.29. The van der Waals surface area contributed by atoms with E-state index in [0.717, 1.165) is 79.0 Å². The van der Waals surface area contributed by atoms with Crippen LogP contribution < -0.4 is 14.5 Å². The van der Waals surface area contributed by atoms with Crippen molar-refractivity contribution in [1.82, 2.24) is 19.5 Å². The van der Waals surface area contributed by atoms with Crippen molar-refractivity contribution < 1.29 is 4.74 Å². The fraction of sp³-hybridized carbons (Fsp3) is 0.100. The number of para-hydroxylation sites is 3. The van der Waals surface area contributed by atoms with Gasteiger partial charge in [-0.15, -0.1) is 0 Å². The van der Waals surface area contributed by atoms with Crippen LogP contribution in [0.15, 0.2) is 176 Å². The SMILES string of the molecule is CC(C)(C)c1ccnc(-n2c3ccccc3c3ccc(Oc4cccc(N5CN(c6cc(-c7ccccn7)ccc6-c6ccccn6)c6ccccc65)c4)cc32)c1. The number of nitrogens with zero attached hydrogens (tertiary/aromatic N) is 6. The molecule has 0 bridgehead atoms. The molecule has 5 heterocycles. The van der Waals surface area contributed by atoms with Gasteiger partial charge in [-0.3, -0.25) is 14.5 Å². The molecule has 0 atom stereocenters. The van der Waals surface area contributed by atoms with Gasteiger partial charge in [0.1, 0.15) is 24.0 Å². The van der Waals surface area contributed by atoms with Gasteiger partial charge in [0.15, 0.2) is 0 Å². The normalized spacial score (nSPS) is 12.7. The lowest BCUT2D eigenvalue weighted by Gasteiger charge is -2.25. The van der Waals surface area contributed by atoms with Gasteiger partial charge in [0.2, 0.25) is 0 Å². The van der Waals surface area contributed by atoms with Crippen LogP contribution in [-0.2, 0) is 5.41 Å². The van der Waals surface area contributed by atoms with E-state index < -0.39 is 0 Å². The Labute approximate surface area is 332 Å². The number of aromatic nitrogens is 4. The van der Waals surface area contributed by atoms with Crippen LogP contribution in [0.3, 0.4) is 0 Å². The first-order valence-corrected chi connectivity index (χ1v) is 19.3. The van der Waals surface area contributed by atoms with Gasteiger partial charge < -0.3 is 14.5 Å². The average Bonchev–Trinajstić information content (AvgIpc) is 3.80. The molecule has 0 fully saturated rings. The molecule has 0 unspecified atom stereocenters. The zero-order chi connectivity index (χ0) is 38.5. The number of benzene rings is 5. The number of ether oxygens (including phenoxy) is 1. The van der Waals surface area contributed by atoms with E-state index in [2.05, 4.69) is 161 Å². The lowest BCUT2D eigenvalue weighted by molar-refractivity contribution is 0.483. The van der Waals surface area contributed by atoms with Gasteiger partial charge >= 0.3 is 0 Å². The Balaban J connectivity index is 1.02. The second-order valence-corrected chi connectivity index (χ2v) is 15.4. The van der Waals surface area contributed by atoms with Gasteiger partial charge in [0.25, 0.3) is 0 Å². The van der Waals surface area contributed by atoms with Crippen molar-refractivity contribution in [1.29, 1.82) is 0 Å². The highest BCUT2D eigenvalue weighted by Crippen LogP contribution is 2.48. The molecule has 1 aliphatic rings. The summed E-state index contributed by atoms with van der Waals surface area (Å²) in [5.41, 5.74) is 11.6. The standard InChI is InChI=1S/C50H40N6O/c1-50(2,3)35-25-28-53-49(30-35)56-44-18-5-4-15-39(44)40-24-22-38(32-48(40)56)57-37-14-12-13-36(31-37)54-33-55(46-20-7-6-19-45(46)54)47-29-34(42-16-8-10-26-51-42)21-23-41(47)43-17-9-11-27-52-43/h4-32H,33H2,1-3H3. The summed E-state index contributed by atoms with van der Waals surface area (Å²) in [6.45, 7) is 7.30. The number of hydrogen-bond donors (Lipinski definition) is 0. The minimum atomic E-state index is -0.00626. The number of hydrogen-bond acceptors (Lipinski definition) is 6. The first-order valence-electron chi connectivity index (χ1n) is 19.3. The Morgan fingerprint density at radius 1 is 0.509 bits per heavy atom. The van der Waals surface area contributed by atoms with Crippen molar-refractivity contribution in [3.05, 3.63) is 182 Å². The smallest absolute Gasteiger partial charge is 0.137 e. The van der Waals surface area contributed by atoms with Crippen molar-refractivity contribution in [3.8, 4) is 39.8 Å². The molecule has 4 aromatic heterocycles. The Morgan fingerprint density at radius 3 is 2.02 bits per heavy atom. The number of pyridine rings is 3. The third kappa shape index (κ3) is 6.23. The van der Waals surface area contributed by atoms with Crippen molar-refractivity contribution in [2.24, 2.45) is 0 Å². The van der Waals surface area contributed by atoms with Gasteiger partial charge in [-0.25, -0.2) is 4.98 Å². The molecule has 7 heteroatoms. The molecular formula is C50H40N6O. The van der Waals surface area contributed by atoms with Gasteiger partial charge in [0, 0.05) is 58.3 Å². The van der Waals surface area contributed by atoms with Crippen LogP contribution in [0, 0.1) is 0 Å². The molecule has 0 N–H and O–H groups in total. The lowest BCUT2D eigenvalue weighted by Crippen LogP contribution is -2.24. The van der Waals surface area contributed by atoms with Crippen molar-refractivity contribution in [2.45, 2.75) is 26.2 Å². The van der Waals surface area contributed by atoms with Crippen LogP contribution >= 0.6 is 0 Å². The van der Waals surface area contributed by atoms with Crippen molar-refractivity contribution >= 4 is 44.6 Å². The van der Waals surface area contributed by atoms with Crippen LogP contribution in [0.5, 0.6) is 11.5 Å². The Bertz CT molecular complexity index is 2920. The maximum absolute atomic E-state index is 6.70. The summed E-state index contributed by atoms with van der Waals surface area (Å²) in [4.78, 5) is 19.0. The molecule has 0 saturated heterocycles. The minimum absolute atomic E-state index is 0.00626. The molecule has 0 aliphatic carbocycles. The van der Waals surface area contributed by atoms with E-state index in [1.54, 1.807) is 0 Å². The van der Waals surface area contributed by atoms with E-state index >= 15 is 0 Å². The van der Waals surface area contributed by atoms with Crippen molar-refractivity contribution in [2.75, 3.05) is 16.5 Å². The molecule has 276 valence electrons. The number of fused-ring (bicyclic) bond motifs is 4. The largest absolute Gasteiger partial charge is 0.457 e. The predicted octanol–water partition coefficient (Wildman–Crippen LogP) is 12.6. The second-order valence-electron chi connectivity index (χ2n) is 15.4. The van der Waals surface area contributed by atoms with Crippen LogP contribution in [0.2, 0.25) is 0 Å². The minimum Gasteiger partial charge on any atom is -0.457 e. The molecule has 10 rings (SSSR count). The summed E-state index contributed by atoms with van der Waals surface area (Å²) < 4.78 is 8.95. The quantitative estimate of drug-likeness (QED) is 0.162. The van der Waals surface area contributed by atoms with Crippen LogP contribution in [0.1, 0.15) is 26.3 Å². The molecule has 0 spiro atoms. The molecule has 5 aromatic carbocycles. The van der Waals surface area contributed by atoms with Gasteiger partial charge in [-0.05, 0) is 95.9 Å². The van der Waals surface area contributed by atoms with E-state index in [4.69, 9.17) is 14.7 Å². The van der Waals surface area contributed by atoms with Gasteiger partial charge in [-0.1, -0.05) is 81.4 Å². The van der Waals surface area contributed by atoms with Crippen LogP contribution in [-0.4, -0.2) is 26.2 Å². The zero-order valence-corrected chi connectivity index (χ0v) is 32.0. The highest BCUT2D eigenvalue weighted by Gasteiger charge is 2.30.